The van der Waals surface area contributed by atoms with Gasteiger partial charge in [0.1, 0.15) is 0 Å². The first-order valence-corrected chi connectivity index (χ1v) is 11.7. The van der Waals surface area contributed by atoms with Gasteiger partial charge < -0.3 is 15.1 Å². The summed E-state index contributed by atoms with van der Waals surface area (Å²) >= 11 is 0. The fourth-order valence-corrected chi connectivity index (χ4v) is 5.04. The van der Waals surface area contributed by atoms with Gasteiger partial charge in [-0.3, -0.25) is 4.79 Å². The number of fused-ring (bicyclic) bond motifs is 1. The van der Waals surface area contributed by atoms with Gasteiger partial charge in [0.05, 0.1) is 0 Å². The van der Waals surface area contributed by atoms with Gasteiger partial charge in [0, 0.05) is 43.7 Å². The first-order valence-electron chi connectivity index (χ1n) is 11.7. The van der Waals surface area contributed by atoms with Crippen molar-refractivity contribution in [2.24, 2.45) is 0 Å². The zero-order valence-corrected chi connectivity index (χ0v) is 18.7. The Kier molecular flexibility index (Phi) is 6.11. The Labute approximate surface area is 195 Å². The molecule has 3 amide bonds. The van der Waals surface area contributed by atoms with E-state index in [1.165, 1.54) is 16.7 Å². The van der Waals surface area contributed by atoms with Crippen LogP contribution in [0.25, 0.3) is 0 Å². The van der Waals surface area contributed by atoms with E-state index < -0.39 is 0 Å². The van der Waals surface area contributed by atoms with Crippen LogP contribution in [0.3, 0.4) is 0 Å². The summed E-state index contributed by atoms with van der Waals surface area (Å²) in [5, 5.41) is 3.22. The lowest BCUT2D eigenvalue weighted by atomic mass is 9.85. The van der Waals surface area contributed by atoms with Gasteiger partial charge in [0.15, 0.2) is 0 Å². The summed E-state index contributed by atoms with van der Waals surface area (Å²) in [5.41, 5.74) is 4.41. The SMILES string of the molecule is O=C(NC1CCCN(C(=O)c2ccccc2)C1)N1Cc2ccccc2C(c2ccccc2)C1. The number of carbonyl (C=O) groups excluding carboxylic acids is 2. The summed E-state index contributed by atoms with van der Waals surface area (Å²) in [4.78, 5) is 30.0. The normalized spacial score (nSPS) is 20.1. The molecule has 0 bridgehead atoms. The average molecular weight is 440 g/mol. The average Bonchev–Trinajstić information content (AvgIpc) is 2.88. The highest BCUT2D eigenvalue weighted by atomic mass is 16.2. The quantitative estimate of drug-likeness (QED) is 0.646. The van der Waals surface area contributed by atoms with Gasteiger partial charge in [-0.15, -0.1) is 0 Å². The molecule has 0 spiro atoms. The van der Waals surface area contributed by atoms with Crippen LogP contribution in [-0.4, -0.2) is 47.4 Å². The van der Waals surface area contributed by atoms with Crippen LogP contribution in [0.5, 0.6) is 0 Å². The number of nitrogens with one attached hydrogen (secondary N) is 1. The maximum atomic E-state index is 13.3. The smallest absolute Gasteiger partial charge is 0.318 e. The molecule has 5 heteroatoms. The Hall–Kier alpha value is -3.60. The van der Waals surface area contributed by atoms with Crippen molar-refractivity contribution in [1.29, 1.82) is 0 Å². The Morgan fingerprint density at radius 1 is 0.788 bits per heavy atom. The van der Waals surface area contributed by atoms with Crippen LogP contribution >= 0.6 is 0 Å². The number of nitrogens with zero attached hydrogens (tertiary/aromatic N) is 2. The van der Waals surface area contributed by atoms with Crippen LogP contribution in [0, 0.1) is 0 Å². The van der Waals surface area contributed by atoms with E-state index in [1.807, 2.05) is 52.3 Å². The molecule has 2 unspecified atom stereocenters. The topological polar surface area (TPSA) is 52.7 Å². The number of amides is 3. The summed E-state index contributed by atoms with van der Waals surface area (Å²) in [6.07, 6.45) is 1.77. The maximum Gasteiger partial charge on any atom is 0.318 e. The Morgan fingerprint density at radius 2 is 1.48 bits per heavy atom. The number of carbonyl (C=O) groups is 2. The molecule has 0 saturated carbocycles. The van der Waals surface area contributed by atoms with Gasteiger partial charge >= 0.3 is 6.03 Å². The zero-order valence-electron chi connectivity index (χ0n) is 18.7. The Morgan fingerprint density at radius 3 is 2.27 bits per heavy atom. The number of likely N-dealkylation sites (tertiary alicyclic amines) is 1. The van der Waals surface area contributed by atoms with Crippen LogP contribution < -0.4 is 5.32 Å². The molecule has 5 nitrogen and oxygen atoms in total. The van der Waals surface area contributed by atoms with Gasteiger partial charge in [-0.2, -0.15) is 0 Å². The minimum Gasteiger partial charge on any atom is -0.337 e. The Bertz CT molecular complexity index is 1120. The second-order valence-corrected chi connectivity index (χ2v) is 8.95. The largest absolute Gasteiger partial charge is 0.337 e. The third-order valence-electron chi connectivity index (χ3n) is 6.74. The molecule has 2 aliphatic rings. The lowest BCUT2D eigenvalue weighted by Crippen LogP contribution is -2.53. The van der Waals surface area contributed by atoms with Crippen molar-refractivity contribution in [2.75, 3.05) is 19.6 Å². The molecular formula is C28H29N3O2. The number of hydrogen-bond donors (Lipinski definition) is 1. The third kappa shape index (κ3) is 4.63. The first-order chi connectivity index (χ1) is 16.2. The molecule has 3 aromatic rings. The van der Waals surface area contributed by atoms with E-state index in [0.29, 0.717) is 25.2 Å². The predicted octanol–water partition coefficient (Wildman–Crippen LogP) is 4.65. The van der Waals surface area contributed by atoms with Gasteiger partial charge in [0.25, 0.3) is 5.91 Å². The van der Waals surface area contributed by atoms with E-state index in [0.717, 1.165) is 19.4 Å². The van der Waals surface area contributed by atoms with Crippen molar-refractivity contribution in [1.82, 2.24) is 15.1 Å². The minimum absolute atomic E-state index is 0.0330. The van der Waals surface area contributed by atoms with Crippen LogP contribution in [0.1, 0.15) is 45.8 Å². The zero-order chi connectivity index (χ0) is 22.6. The molecule has 2 atom stereocenters. The molecule has 168 valence electrons. The van der Waals surface area contributed by atoms with Crippen LogP contribution in [0.4, 0.5) is 4.79 Å². The standard InChI is InChI=1S/C28H29N3O2/c32-27(22-12-5-2-6-13-22)30-17-9-15-24(19-30)29-28(33)31-18-23-14-7-8-16-25(23)26(20-31)21-10-3-1-4-11-21/h1-8,10-14,16,24,26H,9,15,17-20H2,(H,29,33). The van der Waals surface area contributed by atoms with E-state index in [-0.39, 0.29) is 23.9 Å². The lowest BCUT2D eigenvalue weighted by Gasteiger charge is -2.38. The second-order valence-electron chi connectivity index (χ2n) is 8.95. The number of benzene rings is 3. The molecule has 1 saturated heterocycles. The minimum atomic E-state index is -0.0514. The third-order valence-corrected chi connectivity index (χ3v) is 6.74. The highest BCUT2D eigenvalue weighted by molar-refractivity contribution is 5.94. The molecule has 1 fully saturated rings. The summed E-state index contributed by atoms with van der Waals surface area (Å²) in [7, 11) is 0. The van der Waals surface area contributed by atoms with Gasteiger partial charge in [-0.1, -0.05) is 72.8 Å². The highest BCUT2D eigenvalue weighted by Gasteiger charge is 2.31. The van der Waals surface area contributed by atoms with Crippen molar-refractivity contribution in [3.8, 4) is 0 Å². The van der Waals surface area contributed by atoms with Crippen LogP contribution in [0.15, 0.2) is 84.9 Å². The van der Waals surface area contributed by atoms with Crippen molar-refractivity contribution >= 4 is 11.9 Å². The first kappa shape index (κ1) is 21.3. The Balaban J connectivity index is 1.28. The molecular weight excluding hydrogens is 410 g/mol. The van der Waals surface area contributed by atoms with Crippen molar-refractivity contribution in [2.45, 2.75) is 31.3 Å². The van der Waals surface area contributed by atoms with E-state index in [1.54, 1.807) is 0 Å². The summed E-state index contributed by atoms with van der Waals surface area (Å²) in [6, 6.07) is 28.1. The van der Waals surface area contributed by atoms with Gasteiger partial charge in [-0.05, 0) is 41.7 Å². The molecule has 33 heavy (non-hydrogen) atoms. The molecule has 0 radical (unpaired) electrons. The fourth-order valence-electron chi connectivity index (χ4n) is 5.04. The van der Waals surface area contributed by atoms with Gasteiger partial charge in [0.2, 0.25) is 0 Å². The van der Waals surface area contributed by atoms with Gasteiger partial charge in [-0.25, -0.2) is 4.79 Å². The summed E-state index contributed by atoms with van der Waals surface area (Å²) in [6.45, 7) is 2.52. The summed E-state index contributed by atoms with van der Waals surface area (Å²) < 4.78 is 0. The molecule has 3 aromatic carbocycles. The van der Waals surface area contributed by atoms with Crippen LogP contribution in [0.2, 0.25) is 0 Å². The number of rotatable bonds is 3. The molecule has 0 aromatic heterocycles. The second kappa shape index (κ2) is 9.49. The number of hydrogen-bond acceptors (Lipinski definition) is 2. The lowest BCUT2D eigenvalue weighted by molar-refractivity contribution is 0.0693. The maximum absolute atomic E-state index is 13.3. The van der Waals surface area contributed by atoms with Crippen molar-refractivity contribution < 1.29 is 9.59 Å². The van der Waals surface area contributed by atoms with E-state index >= 15 is 0 Å². The molecule has 1 N–H and O–H groups in total. The number of piperidine rings is 1. The van der Waals surface area contributed by atoms with E-state index in [4.69, 9.17) is 0 Å². The molecule has 0 aliphatic carbocycles. The predicted molar refractivity (Wildman–Crippen MR) is 129 cm³/mol. The monoisotopic (exact) mass is 439 g/mol. The highest BCUT2D eigenvalue weighted by Crippen LogP contribution is 2.33. The molecule has 2 heterocycles. The van der Waals surface area contributed by atoms with E-state index in [9.17, 15) is 9.59 Å². The molecule has 5 rings (SSSR count). The number of urea groups is 1. The van der Waals surface area contributed by atoms with E-state index in [2.05, 4.69) is 47.8 Å². The van der Waals surface area contributed by atoms with Crippen LogP contribution in [-0.2, 0) is 6.54 Å². The fraction of sp³-hybridized carbons (Fsp3) is 0.286. The van der Waals surface area contributed by atoms with Crippen molar-refractivity contribution in [3.05, 3.63) is 107 Å². The molecule has 2 aliphatic heterocycles. The summed E-state index contributed by atoms with van der Waals surface area (Å²) in [5.74, 6) is 0.190. The van der Waals surface area contributed by atoms with Crippen molar-refractivity contribution in [3.63, 3.8) is 0 Å².